The summed E-state index contributed by atoms with van der Waals surface area (Å²) in [6.07, 6.45) is 4.35. The molecule has 0 radical (unpaired) electrons. The van der Waals surface area contributed by atoms with Gasteiger partial charge < -0.3 is 20.1 Å². The molecule has 0 aromatic heterocycles. The van der Waals surface area contributed by atoms with E-state index in [0.29, 0.717) is 13.2 Å². The number of nitrogens with zero attached hydrogens (tertiary/aromatic N) is 2. The molecule has 1 saturated carbocycles. The lowest BCUT2D eigenvalue weighted by Crippen LogP contribution is -2.47. The third kappa shape index (κ3) is 4.41. The molecule has 1 aliphatic carbocycles. The fraction of sp³-hybridized carbons (Fsp3) is 0.609. The molecule has 1 fully saturated rings. The van der Waals surface area contributed by atoms with Gasteiger partial charge in [0, 0.05) is 24.9 Å². The van der Waals surface area contributed by atoms with E-state index in [1.807, 2.05) is 6.92 Å². The fourth-order valence-electron chi connectivity index (χ4n) is 4.08. The summed E-state index contributed by atoms with van der Waals surface area (Å²) in [5.74, 6) is 2.61. The van der Waals surface area contributed by atoms with Crippen molar-refractivity contribution in [2.24, 2.45) is 16.6 Å². The van der Waals surface area contributed by atoms with Crippen LogP contribution in [0.4, 0.5) is 0 Å². The monoisotopic (exact) mass is 385 g/mol. The van der Waals surface area contributed by atoms with Gasteiger partial charge in [0.25, 0.3) is 0 Å². The van der Waals surface area contributed by atoms with Crippen LogP contribution in [0.5, 0.6) is 5.75 Å². The van der Waals surface area contributed by atoms with Crippen LogP contribution >= 0.6 is 0 Å². The van der Waals surface area contributed by atoms with Crippen LogP contribution in [0.15, 0.2) is 28.4 Å². The molecule has 1 aliphatic heterocycles. The summed E-state index contributed by atoms with van der Waals surface area (Å²) >= 11 is 0. The van der Waals surface area contributed by atoms with Crippen LogP contribution in [0.1, 0.15) is 56.2 Å². The van der Waals surface area contributed by atoms with Crippen LogP contribution in [-0.2, 0) is 4.74 Å². The molecule has 0 spiro atoms. The quantitative estimate of drug-likeness (QED) is 0.693. The minimum atomic E-state index is -0.0881. The van der Waals surface area contributed by atoms with E-state index >= 15 is 0 Å². The van der Waals surface area contributed by atoms with Gasteiger partial charge in [-0.05, 0) is 83.0 Å². The number of hydrogen-bond acceptors (Lipinski definition) is 5. The molecular formula is C23H35N3O2. The Morgan fingerprint density at radius 1 is 1.21 bits per heavy atom. The van der Waals surface area contributed by atoms with E-state index in [1.165, 1.54) is 29.5 Å². The summed E-state index contributed by atoms with van der Waals surface area (Å²) in [4.78, 5) is 7.46. The van der Waals surface area contributed by atoms with Crippen LogP contribution in [0, 0.1) is 19.8 Å². The van der Waals surface area contributed by atoms with Crippen molar-refractivity contribution in [3.8, 4) is 5.75 Å². The predicted octanol–water partition coefficient (Wildman–Crippen LogP) is 4.16. The fourth-order valence-corrected chi connectivity index (χ4v) is 4.08. The SMILES string of the molecule is CCOc1cc(C)cc(C)c1C1=NC(C)=C(CCCN)C(OC)N1CC1CC1. The normalized spacial score (nSPS) is 19.9. The van der Waals surface area contributed by atoms with Crippen LogP contribution in [-0.4, -0.2) is 43.8 Å². The van der Waals surface area contributed by atoms with Crippen LogP contribution in [0.3, 0.4) is 0 Å². The number of rotatable bonds is 9. The number of hydrogen-bond donors (Lipinski definition) is 1. The van der Waals surface area contributed by atoms with Gasteiger partial charge in [-0.15, -0.1) is 0 Å². The van der Waals surface area contributed by atoms with Crippen LogP contribution in [0.2, 0.25) is 0 Å². The highest BCUT2D eigenvalue weighted by molar-refractivity contribution is 6.04. The maximum atomic E-state index is 6.04. The highest BCUT2D eigenvalue weighted by Gasteiger charge is 2.36. The van der Waals surface area contributed by atoms with E-state index in [1.54, 1.807) is 7.11 Å². The zero-order chi connectivity index (χ0) is 20.3. The van der Waals surface area contributed by atoms with Crippen LogP contribution in [0.25, 0.3) is 0 Å². The Morgan fingerprint density at radius 3 is 2.57 bits per heavy atom. The predicted molar refractivity (Wildman–Crippen MR) is 115 cm³/mol. The lowest BCUT2D eigenvalue weighted by molar-refractivity contribution is 0.0279. The minimum absolute atomic E-state index is 0.0881. The standard InChI is InChI=1S/C23H35N3O2/c1-6-28-20-13-15(2)12-16(3)21(20)22-25-17(4)19(8-7-11-24)23(27-5)26(22)14-18-9-10-18/h12-13,18,23H,6-11,14,24H2,1-5H3. The Kier molecular flexibility index (Phi) is 6.78. The first-order valence-corrected chi connectivity index (χ1v) is 10.5. The van der Waals surface area contributed by atoms with E-state index in [4.69, 9.17) is 20.2 Å². The number of aliphatic imine (C=N–C) groups is 1. The second kappa shape index (κ2) is 9.10. The number of benzene rings is 1. The van der Waals surface area contributed by atoms with E-state index in [0.717, 1.165) is 48.1 Å². The number of amidine groups is 1. The summed E-state index contributed by atoms with van der Waals surface area (Å²) in [5, 5.41) is 0. The molecule has 0 bridgehead atoms. The lowest BCUT2D eigenvalue weighted by atomic mass is 9.98. The van der Waals surface area contributed by atoms with Crippen molar-refractivity contribution in [3.05, 3.63) is 40.1 Å². The second-order valence-electron chi connectivity index (χ2n) is 8.01. The van der Waals surface area contributed by atoms with Gasteiger partial charge in [0.05, 0.1) is 12.2 Å². The van der Waals surface area contributed by atoms with E-state index in [-0.39, 0.29) is 6.23 Å². The smallest absolute Gasteiger partial charge is 0.155 e. The van der Waals surface area contributed by atoms with Gasteiger partial charge in [0.2, 0.25) is 0 Å². The summed E-state index contributed by atoms with van der Waals surface area (Å²) in [7, 11) is 1.80. The lowest BCUT2D eigenvalue weighted by Gasteiger charge is -2.39. The van der Waals surface area contributed by atoms with Gasteiger partial charge in [-0.25, -0.2) is 4.99 Å². The average Bonchev–Trinajstić information content (AvgIpc) is 3.46. The highest BCUT2D eigenvalue weighted by atomic mass is 16.5. The first-order valence-electron chi connectivity index (χ1n) is 10.5. The first-order chi connectivity index (χ1) is 13.5. The van der Waals surface area contributed by atoms with Crippen molar-refractivity contribution in [1.82, 2.24) is 4.90 Å². The molecule has 0 saturated heterocycles. The molecule has 5 heteroatoms. The van der Waals surface area contributed by atoms with Gasteiger partial charge >= 0.3 is 0 Å². The third-order valence-corrected chi connectivity index (χ3v) is 5.58. The van der Waals surface area contributed by atoms with Gasteiger partial charge in [-0.3, -0.25) is 0 Å². The topological polar surface area (TPSA) is 60.1 Å². The van der Waals surface area contributed by atoms with Crippen molar-refractivity contribution in [1.29, 1.82) is 0 Å². The summed E-state index contributed by atoms with van der Waals surface area (Å²) in [5.41, 5.74) is 11.6. The molecule has 1 aromatic rings. The first kappa shape index (κ1) is 20.9. The number of aryl methyl sites for hydroxylation is 2. The Balaban J connectivity index is 2.11. The second-order valence-corrected chi connectivity index (χ2v) is 8.01. The Bertz CT molecular complexity index is 765. The molecule has 154 valence electrons. The van der Waals surface area contributed by atoms with Crippen molar-refractivity contribution in [2.45, 2.75) is 59.6 Å². The molecule has 2 N–H and O–H groups in total. The molecule has 0 amide bonds. The van der Waals surface area contributed by atoms with Crippen molar-refractivity contribution in [2.75, 3.05) is 26.8 Å². The van der Waals surface area contributed by atoms with Crippen LogP contribution < -0.4 is 10.5 Å². The van der Waals surface area contributed by atoms with Gasteiger partial charge in [0.15, 0.2) is 6.23 Å². The molecule has 1 heterocycles. The Labute approximate surface area is 169 Å². The molecule has 1 aromatic carbocycles. The van der Waals surface area contributed by atoms with Gasteiger partial charge in [-0.2, -0.15) is 0 Å². The van der Waals surface area contributed by atoms with E-state index < -0.39 is 0 Å². The molecule has 1 unspecified atom stereocenters. The summed E-state index contributed by atoms with van der Waals surface area (Å²) in [6, 6.07) is 4.33. The largest absolute Gasteiger partial charge is 0.493 e. The molecule has 28 heavy (non-hydrogen) atoms. The average molecular weight is 386 g/mol. The highest BCUT2D eigenvalue weighted by Crippen LogP contribution is 2.37. The number of allylic oxidation sites excluding steroid dienone is 1. The van der Waals surface area contributed by atoms with Gasteiger partial charge in [-0.1, -0.05) is 6.07 Å². The van der Waals surface area contributed by atoms with Crippen molar-refractivity contribution >= 4 is 5.84 Å². The molecule has 2 aliphatic rings. The molecule has 1 atom stereocenters. The Hall–Kier alpha value is -1.85. The zero-order valence-electron chi connectivity index (χ0n) is 18.0. The van der Waals surface area contributed by atoms with Crippen molar-refractivity contribution in [3.63, 3.8) is 0 Å². The zero-order valence-corrected chi connectivity index (χ0v) is 18.0. The molecule has 5 nitrogen and oxygen atoms in total. The molecule has 3 rings (SSSR count). The minimum Gasteiger partial charge on any atom is -0.493 e. The maximum Gasteiger partial charge on any atom is 0.155 e. The third-order valence-electron chi connectivity index (χ3n) is 5.58. The summed E-state index contributed by atoms with van der Waals surface area (Å²) in [6.45, 7) is 10.7. The molecular weight excluding hydrogens is 350 g/mol. The van der Waals surface area contributed by atoms with Gasteiger partial charge in [0.1, 0.15) is 11.6 Å². The number of methoxy groups -OCH3 is 1. The number of nitrogens with two attached hydrogens (primary N) is 1. The Morgan fingerprint density at radius 2 is 1.96 bits per heavy atom. The van der Waals surface area contributed by atoms with Crippen molar-refractivity contribution < 1.29 is 9.47 Å². The van der Waals surface area contributed by atoms with E-state index in [9.17, 15) is 0 Å². The van der Waals surface area contributed by atoms with E-state index in [2.05, 4.69) is 37.8 Å². The maximum absolute atomic E-state index is 6.04. The summed E-state index contributed by atoms with van der Waals surface area (Å²) < 4.78 is 12.1. The number of ether oxygens (including phenoxy) is 2.